The number of rotatable bonds is 4. The minimum atomic E-state index is 0.612. The molecule has 1 saturated heterocycles. The number of piperazine rings is 1. The summed E-state index contributed by atoms with van der Waals surface area (Å²) in [6.45, 7) is 9.31. The average Bonchev–Trinajstić information content (AvgIpc) is 2.59. The number of benzene rings is 1. The van der Waals surface area contributed by atoms with Crippen LogP contribution in [0.1, 0.15) is 12.5 Å². The largest absolute Gasteiger partial charge is 0.393 e. The molecular formula is C17H24N6. The van der Waals surface area contributed by atoms with Crippen LogP contribution in [-0.2, 0) is 0 Å². The van der Waals surface area contributed by atoms with E-state index in [0.29, 0.717) is 11.5 Å². The third-order valence-electron chi connectivity index (χ3n) is 4.38. The quantitative estimate of drug-likeness (QED) is 0.902. The molecule has 1 aromatic heterocycles. The molecule has 3 N–H and O–H groups in total. The lowest BCUT2D eigenvalue weighted by molar-refractivity contribution is 0.270. The molecule has 0 saturated carbocycles. The summed E-state index contributed by atoms with van der Waals surface area (Å²) in [7, 11) is 0. The highest BCUT2D eigenvalue weighted by Crippen LogP contribution is 2.29. The molecule has 0 bridgehead atoms. The fraction of sp³-hybridized carbons (Fsp3) is 0.412. The second-order valence-electron chi connectivity index (χ2n) is 5.82. The fourth-order valence-corrected chi connectivity index (χ4v) is 2.85. The lowest BCUT2D eigenvalue weighted by Gasteiger charge is -2.35. The zero-order valence-electron chi connectivity index (χ0n) is 13.8. The van der Waals surface area contributed by atoms with E-state index in [1.807, 2.05) is 18.2 Å². The van der Waals surface area contributed by atoms with Crippen LogP contribution in [0.4, 0.5) is 23.0 Å². The van der Waals surface area contributed by atoms with Crippen molar-refractivity contribution in [3.05, 3.63) is 36.2 Å². The molecule has 1 aromatic carbocycles. The lowest BCUT2D eigenvalue weighted by Crippen LogP contribution is -2.46. The Kier molecular flexibility index (Phi) is 4.62. The molecule has 2 aromatic rings. The normalized spacial score (nSPS) is 15.7. The fourth-order valence-electron chi connectivity index (χ4n) is 2.85. The summed E-state index contributed by atoms with van der Waals surface area (Å²) in [6.07, 6.45) is 1.58. The minimum Gasteiger partial charge on any atom is -0.393 e. The van der Waals surface area contributed by atoms with Crippen molar-refractivity contribution in [2.45, 2.75) is 13.8 Å². The zero-order valence-corrected chi connectivity index (χ0v) is 13.8. The van der Waals surface area contributed by atoms with Gasteiger partial charge in [0.15, 0.2) is 11.6 Å². The molecule has 1 aliphatic heterocycles. The van der Waals surface area contributed by atoms with Gasteiger partial charge in [-0.15, -0.1) is 0 Å². The van der Waals surface area contributed by atoms with Gasteiger partial charge >= 0.3 is 0 Å². The summed E-state index contributed by atoms with van der Waals surface area (Å²) >= 11 is 0. The van der Waals surface area contributed by atoms with Crippen molar-refractivity contribution in [2.75, 3.05) is 48.7 Å². The average molecular weight is 312 g/mol. The van der Waals surface area contributed by atoms with Crippen LogP contribution < -0.4 is 16.0 Å². The number of hydrogen-bond donors (Lipinski definition) is 2. The molecule has 0 radical (unpaired) electrons. The number of aryl methyl sites for hydroxylation is 1. The predicted octanol–water partition coefficient (Wildman–Crippen LogP) is 2.25. The Morgan fingerprint density at radius 2 is 1.87 bits per heavy atom. The summed E-state index contributed by atoms with van der Waals surface area (Å²) < 4.78 is 0. The van der Waals surface area contributed by atoms with Crippen LogP contribution in [0, 0.1) is 6.92 Å². The maximum atomic E-state index is 6.34. The second-order valence-corrected chi connectivity index (χ2v) is 5.82. The Hall–Kier alpha value is -2.34. The van der Waals surface area contributed by atoms with Crippen LogP contribution in [0.2, 0.25) is 0 Å². The Bertz CT molecular complexity index is 664. The second kappa shape index (κ2) is 6.83. The van der Waals surface area contributed by atoms with Crippen molar-refractivity contribution in [3.63, 3.8) is 0 Å². The van der Waals surface area contributed by atoms with Crippen LogP contribution >= 0.6 is 0 Å². The van der Waals surface area contributed by atoms with E-state index in [0.717, 1.165) is 49.8 Å². The van der Waals surface area contributed by atoms with Gasteiger partial charge in [-0.25, -0.2) is 9.97 Å². The molecule has 1 fully saturated rings. The third-order valence-corrected chi connectivity index (χ3v) is 4.38. The highest BCUT2D eigenvalue weighted by molar-refractivity contribution is 5.78. The number of nitrogen functional groups attached to an aromatic ring is 1. The van der Waals surface area contributed by atoms with E-state index in [2.05, 4.69) is 45.0 Å². The molecule has 0 amide bonds. The van der Waals surface area contributed by atoms with Crippen molar-refractivity contribution in [3.8, 4) is 0 Å². The maximum absolute atomic E-state index is 6.34. The first kappa shape index (κ1) is 15.6. The molecule has 0 spiro atoms. The molecule has 6 nitrogen and oxygen atoms in total. The summed E-state index contributed by atoms with van der Waals surface area (Å²) in [5.74, 6) is 1.49. The van der Waals surface area contributed by atoms with E-state index in [4.69, 9.17) is 5.73 Å². The van der Waals surface area contributed by atoms with Gasteiger partial charge in [0.25, 0.3) is 0 Å². The number of likely N-dealkylation sites (N-methyl/N-ethyl adjacent to an activating group) is 1. The summed E-state index contributed by atoms with van der Waals surface area (Å²) in [5, 5.41) is 3.33. The van der Waals surface area contributed by atoms with Gasteiger partial charge in [-0.2, -0.15) is 0 Å². The van der Waals surface area contributed by atoms with Gasteiger partial charge in [0.1, 0.15) is 12.0 Å². The van der Waals surface area contributed by atoms with Crippen molar-refractivity contribution >= 4 is 23.0 Å². The number of aromatic nitrogens is 2. The topological polar surface area (TPSA) is 70.3 Å². The first-order valence-corrected chi connectivity index (χ1v) is 8.09. The summed E-state index contributed by atoms with van der Waals surface area (Å²) in [5.41, 5.74) is 9.12. The van der Waals surface area contributed by atoms with Crippen molar-refractivity contribution in [1.82, 2.24) is 14.9 Å². The van der Waals surface area contributed by atoms with Crippen molar-refractivity contribution in [1.29, 1.82) is 0 Å². The van der Waals surface area contributed by atoms with Gasteiger partial charge in [0, 0.05) is 31.9 Å². The molecule has 0 atom stereocenters. The number of nitrogens with one attached hydrogen (secondary N) is 1. The van der Waals surface area contributed by atoms with E-state index in [1.165, 1.54) is 0 Å². The molecule has 0 unspecified atom stereocenters. The van der Waals surface area contributed by atoms with Crippen LogP contribution in [0.25, 0.3) is 0 Å². The van der Waals surface area contributed by atoms with Gasteiger partial charge in [0.05, 0.1) is 0 Å². The van der Waals surface area contributed by atoms with Gasteiger partial charge in [-0.05, 0) is 25.1 Å². The van der Waals surface area contributed by atoms with E-state index in [1.54, 1.807) is 6.33 Å². The molecule has 0 aliphatic carbocycles. The number of hydrogen-bond acceptors (Lipinski definition) is 6. The van der Waals surface area contributed by atoms with Crippen LogP contribution in [0.15, 0.2) is 30.6 Å². The van der Waals surface area contributed by atoms with Gasteiger partial charge in [-0.3, -0.25) is 0 Å². The van der Waals surface area contributed by atoms with Crippen LogP contribution in [0.5, 0.6) is 0 Å². The highest BCUT2D eigenvalue weighted by atomic mass is 15.3. The molecule has 3 rings (SSSR count). The first-order valence-electron chi connectivity index (χ1n) is 8.09. The van der Waals surface area contributed by atoms with Gasteiger partial charge in [-0.1, -0.05) is 25.1 Å². The van der Waals surface area contributed by atoms with Crippen LogP contribution in [-0.4, -0.2) is 47.6 Å². The van der Waals surface area contributed by atoms with Gasteiger partial charge < -0.3 is 20.9 Å². The maximum Gasteiger partial charge on any atom is 0.159 e. The molecule has 6 heteroatoms. The summed E-state index contributed by atoms with van der Waals surface area (Å²) in [4.78, 5) is 13.4. The van der Waals surface area contributed by atoms with E-state index < -0.39 is 0 Å². The summed E-state index contributed by atoms with van der Waals surface area (Å²) in [6, 6.07) is 8.10. The lowest BCUT2D eigenvalue weighted by atomic mass is 10.2. The molecule has 1 aliphatic rings. The van der Waals surface area contributed by atoms with E-state index in [-0.39, 0.29) is 0 Å². The minimum absolute atomic E-state index is 0.612. The number of anilines is 4. The standard InChI is InChI=1S/C17H24N6/c1-3-22-8-10-23(11-9-22)17-15(18)16(19-12-20-17)21-14-7-5-4-6-13(14)2/h4-7,12H,3,8-11,18H2,1-2H3,(H,19,20,21). The molecule has 2 heterocycles. The molecule has 122 valence electrons. The molecule has 23 heavy (non-hydrogen) atoms. The van der Waals surface area contributed by atoms with Crippen LogP contribution in [0.3, 0.4) is 0 Å². The highest BCUT2D eigenvalue weighted by Gasteiger charge is 2.20. The monoisotopic (exact) mass is 312 g/mol. The van der Waals surface area contributed by atoms with Gasteiger partial charge in [0.2, 0.25) is 0 Å². The Morgan fingerprint density at radius 3 is 2.57 bits per heavy atom. The number of para-hydroxylation sites is 1. The van der Waals surface area contributed by atoms with Crippen molar-refractivity contribution < 1.29 is 0 Å². The molecular weight excluding hydrogens is 288 g/mol. The Morgan fingerprint density at radius 1 is 1.13 bits per heavy atom. The third kappa shape index (κ3) is 3.37. The van der Waals surface area contributed by atoms with E-state index in [9.17, 15) is 0 Å². The Labute approximate surface area is 137 Å². The first-order chi connectivity index (χ1) is 11.2. The van der Waals surface area contributed by atoms with E-state index >= 15 is 0 Å². The number of nitrogens with two attached hydrogens (primary N) is 1. The Balaban J connectivity index is 1.80. The van der Waals surface area contributed by atoms with Crippen molar-refractivity contribution in [2.24, 2.45) is 0 Å². The number of nitrogens with zero attached hydrogens (tertiary/aromatic N) is 4. The predicted molar refractivity (Wildman–Crippen MR) is 95.2 cm³/mol. The zero-order chi connectivity index (χ0) is 16.2. The smallest absolute Gasteiger partial charge is 0.159 e. The SMILES string of the molecule is CCN1CCN(c2ncnc(Nc3ccccc3C)c2N)CC1.